The number of sulfonamides is 1. The molecule has 106 valence electrons. The van der Waals surface area contributed by atoms with Gasteiger partial charge in [0.2, 0.25) is 10.0 Å². The lowest BCUT2D eigenvalue weighted by Gasteiger charge is -2.28. The Kier molecular flexibility index (Phi) is 4.89. The van der Waals surface area contributed by atoms with Crippen LogP contribution in [0.4, 0.5) is 0 Å². The zero-order chi connectivity index (χ0) is 14.0. The normalized spacial score (nSPS) is 24.4. The van der Waals surface area contributed by atoms with E-state index in [2.05, 4.69) is 20.7 Å². The molecule has 2 atom stereocenters. The molecule has 0 spiro atoms. The van der Waals surface area contributed by atoms with E-state index in [-0.39, 0.29) is 9.92 Å². The molecule has 0 amide bonds. The van der Waals surface area contributed by atoms with Crippen LogP contribution >= 0.6 is 27.5 Å². The van der Waals surface area contributed by atoms with Crippen molar-refractivity contribution >= 4 is 37.6 Å². The Morgan fingerprint density at radius 2 is 2.00 bits per heavy atom. The molecule has 0 unspecified atom stereocenters. The number of hydrogen-bond donors (Lipinski definition) is 2. The molecule has 4 nitrogen and oxygen atoms in total. The summed E-state index contributed by atoms with van der Waals surface area (Å²) in [7, 11) is -3.70. The summed E-state index contributed by atoms with van der Waals surface area (Å²) in [6, 6.07) is 4.17. The molecule has 1 aliphatic rings. The van der Waals surface area contributed by atoms with Crippen molar-refractivity contribution in [1.82, 2.24) is 4.72 Å². The summed E-state index contributed by atoms with van der Waals surface area (Å²) in [5, 5.41) is 9.98. The second kappa shape index (κ2) is 6.10. The zero-order valence-corrected chi connectivity index (χ0v) is 13.3. The van der Waals surface area contributed by atoms with Crippen LogP contribution in [0.3, 0.4) is 0 Å². The zero-order valence-electron chi connectivity index (χ0n) is 10.1. The van der Waals surface area contributed by atoms with Gasteiger partial charge in [0.25, 0.3) is 0 Å². The molecule has 2 N–H and O–H groups in total. The van der Waals surface area contributed by atoms with Gasteiger partial charge < -0.3 is 5.11 Å². The van der Waals surface area contributed by atoms with Crippen molar-refractivity contribution in [2.45, 2.75) is 42.7 Å². The number of aliphatic hydroxyl groups excluding tert-OH is 1. The molecule has 1 fully saturated rings. The summed E-state index contributed by atoms with van der Waals surface area (Å²) >= 11 is 9.19. The van der Waals surface area contributed by atoms with Gasteiger partial charge in [-0.05, 0) is 31.0 Å². The lowest BCUT2D eigenvalue weighted by molar-refractivity contribution is 0.101. The van der Waals surface area contributed by atoms with Gasteiger partial charge >= 0.3 is 0 Å². The Morgan fingerprint density at radius 3 is 2.63 bits per heavy atom. The Morgan fingerprint density at radius 1 is 1.32 bits per heavy atom. The minimum absolute atomic E-state index is 0.0372. The molecule has 7 heteroatoms. The minimum atomic E-state index is -3.70. The van der Waals surface area contributed by atoms with E-state index in [1.165, 1.54) is 12.1 Å². The van der Waals surface area contributed by atoms with Crippen molar-refractivity contribution in [3.63, 3.8) is 0 Å². The Labute approximate surface area is 126 Å². The predicted octanol–water partition coefficient (Wildman–Crippen LogP) is 2.68. The maximum Gasteiger partial charge on any atom is 0.242 e. The first-order chi connectivity index (χ1) is 8.90. The van der Waals surface area contributed by atoms with E-state index >= 15 is 0 Å². The first kappa shape index (κ1) is 15.3. The topological polar surface area (TPSA) is 66.4 Å². The smallest absolute Gasteiger partial charge is 0.242 e. The molecule has 1 aromatic carbocycles. The SMILES string of the molecule is O=S(=O)(N[C@@H]1CCCC[C@H]1O)c1ccc(Br)cc1Cl. The van der Waals surface area contributed by atoms with Crippen LogP contribution in [0.2, 0.25) is 5.02 Å². The van der Waals surface area contributed by atoms with Crippen molar-refractivity contribution < 1.29 is 13.5 Å². The van der Waals surface area contributed by atoms with Gasteiger partial charge in [0, 0.05) is 10.5 Å². The highest BCUT2D eigenvalue weighted by Gasteiger charge is 2.29. The number of benzene rings is 1. The average molecular weight is 369 g/mol. The van der Waals surface area contributed by atoms with Crippen molar-refractivity contribution in [3.05, 3.63) is 27.7 Å². The fourth-order valence-corrected chi connectivity index (χ4v) is 4.55. The fraction of sp³-hybridized carbons (Fsp3) is 0.500. The van der Waals surface area contributed by atoms with Crippen molar-refractivity contribution in [2.24, 2.45) is 0 Å². The maximum absolute atomic E-state index is 12.3. The molecule has 19 heavy (non-hydrogen) atoms. The van der Waals surface area contributed by atoms with E-state index in [0.29, 0.717) is 17.3 Å². The highest BCUT2D eigenvalue weighted by atomic mass is 79.9. The molecular weight excluding hydrogens is 354 g/mol. The lowest BCUT2D eigenvalue weighted by atomic mass is 9.93. The van der Waals surface area contributed by atoms with Crippen LogP contribution in [-0.4, -0.2) is 25.7 Å². The molecule has 1 aromatic rings. The van der Waals surface area contributed by atoms with E-state index in [1.807, 2.05) is 0 Å². The van der Waals surface area contributed by atoms with E-state index in [1.54, 1.807) is 6.07 Å². The fourth-order valence-electron chi connectivity index (χ4n) is 2.20. The standard InChI is InChI=1S/C12H15BrClNO3S/c13-8-5-6-12(9(14)7-8)19(17,18)15-10-3-1-2-4-11(10)16/h5-7,10-11,15-16H,1-4H2/t10-,11-/m1/s1. The van der Waals surface area contributed by atoms with Gasteiger partial charge in [-0.15, -0.1) is 0 Å². The number of rotatable bonds is 3. The molecule has 1 saturated carbocycles. The summed E-state index contributed by atoms with van der Waals surface area (Å²) < 4.78 is 27.8. The number of hydrogen-bond acceptors (Lipinski definition) is 3. The molecule has 0 saturated heterocycles. The summed E-state index contributed by atoms with van der Waals surface area (Å²) in [5.74, 6) is 0. The lowest BCUT2D eigenvalue weighted by Crippen LogP contribution is -2.45. The predicted molar refractivity (Wildman–Crippen MR) is 77.7 cm³/mol. The van der Waals surface area contributed by atoms with Gasteiger partial charge in [-0.25, -0.2) is 13.1 Å². The van der Waals surface area contributed by atoms with Gasteiger partial charge in [0.1, 0.15) is 4.90 Å². The van der Waals surface area contributed by atoms with Crippen LogP contribution in [-0.2, 0) is 10.0 Å². The molecule has 0 aliphatic heterocycles. The summed E-state index contributed by atoms with van der Waals surface area (Å²) in [6.07, 6.45) is 2.49. The van der Waals surface area contributed by atoms with Crippen molar-refractivity contribution in [1.29, 1.82) is 0 Å². The van der Waals surface area contributed by atoms with Crippen LogP contribution in [0.1, 0.15) is 25.7 Å². The van der Waals surface area contributed by atoms with Crippen LogP contribution in [0.5, 0.6) is 0 Å². The second-order valence-corrected chi connectivity index (χ2v) is 7.66. The quantitative estimate of drug-likeness (QED) is 0.862. The molecule has 1 aliphatic carbocycles. The number of halogens is 2. The van der Waals surface area contributed by atoms with Crippen LogP contribution < -0.4 is 4.72 Å². The third kappa shape index (κ3) is 3.70. The highest BCUT2D eigenvalue weighted by Crippen LogP contribution is 2.27. The van der Waals surface area contributed by atoms with Gasteiger partial charge in [-0.1, -0.05) is 40.4 Å². The van der Waals surface area contributed by atoms with E-state index in [4.69, 9.17) is 11.6 Å². The molecule has 0 aromatic heterocycles. The number of nitrogens with one attached hydrogen (secondary N) is 1. The molecular formula is C12H15BrClNO3S. The summed E-state index contributed by atoms with van der Waals surface area (Å²) in [5.41, 5.74) is 0. The molecule has 0 radical (unpaired) electrons. The van der Waals surface area contributed by atoms with E-state index < -0.39 is 22.2 Å². The third-order valence-electron chi connectivity index (χ3n) is 3.22. The molecule has 2 rings (SSSR count). The molecule has 0 heterocycles. The second-order valence-electron chi connectivity index (χ2n) is 4.65. The van der Waals surface area contributed by atoms with Crippen LogP contribution in [0.15, 0.2) is 27.6 Å². The summed E-state index contributed by atoms with van der Waals surface area (Å²) in [6.45, 7) is 0. The van der Waals surface area contributed by atoms with Gasteiger partial charge in [-0.3, -0.25) is 0 Å². The van der Waals surface area contributed by atoms with Crippen LogP contribution in [0.25, 0.3) is 0 Å². The average Bonchev–Trinajstić information content (AvgIpc) is 2.31. The van der Waals surface area contributed by atoms with Gasteiger partial charge in [0.05, 0.1) is 11.1 Å². The van der Waals surface area contributed by atoms with E-state index in [0.717, 1.165) is 12.8 Å². The summed E-state index contributed by atoms with van der Waals surface area (Å²) in [4.78, 5) is 0.0372. The van der Waals surface area contributed by atoms with Gasteiger partial charge in [-0.2, -0.15) is 0 Å². The molecule has 0 bridgehead atoms. The minimum Gasteiger partial charge on any atom is -0.391 e. The van der Waals surface area contributed by atoms with Crippen molar-refractivity contribution in [3.8, 4) is 0 Å². The van der Waals surface area contributed by atoms with Crippen molar-refractivity contribution in [2.75, 3.05) is 0 Å². The van der Waals surface area contributed by atoms with Gasteiger partial charge in [0.15, 0.2) is 0 Å². The van der Waals surface area contributed by atoms with Crippen LogP contribution in [0, 0.1) is 0 Å². The first-order valence-electron chi connectivity index (χ1n) is 6.05. The Balaban J connectivity index is 2.22. The maximum atomic E-state index is 12.3. The highest BCUT2D eigenvalue weighted by molar-refractivity contribution is 9.10. The monoisotopic (exact) mass is 367 g/mol. The Hall–Kier alpha value is -0.140. The third-order valence-corrected chi connectivity index (χ3v) is 5.69. The largest absolute Gasteiger partial charge is 0.391 e. The number of aliphatic hydroxyl groups is 1. The van der Waals surface area contributed by atoms with E-state index in [9.17, 15) is 13.5 Å². The Bertz CT molecular complexity index is 564. The first-order valence-corrected chi connectivity index (χ1v) is 8.71.